The number of hydrogen-bond donors (Lipinski definition) is 1. The molecule has 1 aromatic heterocycles. The van der Waals surface area contributed by atoms with Gasteiger partial charge in [0.05, 0.1) is 0 Å². The van der Waals surface area contributed by atoms with Crippen LogP contribution in [0.15, 0.2) is 36.5 Å². The Labute approximate surface area is 160 Å². The van der Waals surface area contributed by atoms with Gasteiger partial charge in [0, 0.05) is 25.8 Å². The number of likely N-dealkylation sites (tertiary alicyclic amines) is 1. The zero-order valence-corrected chi connectivity index (χ0v) is 16.2. The molecule has 1 aliphatic heterocycles. The average molecular weight is 372 g/mol. The molecule has 1 aromatic carbocycles. The van der Waals surface area contributed by atoms with Crippen molar-refractivity contribution in [3.63, 3.8) is 0 Å². The van der Waals surface area contributed by atoms with Crippen LogP contribution in [0.2, 0.25) is 0 Å². The van der Waals surface area contributed by atoms with Gasteiger partial charge in [0.25, 0.3) is 5.91 Å². The van der Waals surface area contributed by atoms with Crippen molar-refractivity contribution >= 4 is 5.91 Å². The fraction of sp³-hybridized carbons (Fsp3) is 0.524. The van der Waals surface area contributed by atoms with Gasteiger partial charge in [0.1, 0.15) is 11.5 Å². The average Bonchev–Trinajstić information content (AvgIpc) is 3.11. The van der Waals surface area contributed by atoms with Gasteiger partial charge in [-0.15, -0.1) is 0 Å². The van der Waals surface area contributed by atoms with E-state index in [2.05, 4.69) is 29.2 Å². The number of carbonyl (C=O) groups excluding carboxylic acids is 1. The van der Waals surface area contributed by atoms with Gasteiger partial charge in [-0.3, -0.25) is 4.79 Å². The molecule has 2 heterocycles. The molecule has 0 spiro atoms. The summed E-state index contributed by atoms with van der Waals surface area (Å²) in [5.74, 6) is 0.968. The van der Waals surface area contributed by atoms with Gasteiger partial charge in [-0.25, -0.2) is 9.07 Å². The lowest BCUT2D eigenvalue weighted by Gasteiger charge is -2.34. The number of carbonyl (C=O) groups is 1. The molecule has 1 fully saturated rings. The van der Waals surface area contributed by atoms with Crippen LogP contribution in [0.1, 0.15) is 43.6 Å². The lowest BCUT2D eigenvalue weighted by atomic mass is 9.92. The summed E-state index contributed by atoms with van der Waals surface area (Å²) in [6, 6.07) is 7.98. The van der Waals surface area contributed by atoms with Crippen LogP contribution in [0.3, 0.4) is 0 Å². The number of nitrogens with one attached hydrogen (secondary N) is 1. The molecule has 1 saturated heterocycles. The van der Waals surface area contributed by atoms with Crippen molar-refractivity contribution in [2.24, 2.45) is 11.8 Å². The van der Waals surface area contributed by atoms with Crippen molar-refractivity contribution in [3.8, 4) is 5.69 Å². The SMILES string of the molecule is CC1CC(C)CN(CCCCNC(=O)c2ccn(-c3ccccc3F)n2)C1. The van der Waals surface area contributed by atoms with Crippen molar-refractivity contribution in [3.05, 3.63) is 48.0 Å². The maximum Gasteiger partial charge on any atom is 0.271 e. The predicted octanol–water partition coefficient (Wildman–Crippen LogP) is 3.50. The minimum absolute atomic E-state index is 0.217. The lowest BCUT2D eigenvalue weighted by Crippen LogP contribution is -2.39. The minimum Gasteiger partial charge on any atom is -0.351 e. The quantitative estimate of drug-likeness (QED) is 0.757. The molecule has 2 aromatic rings. The van der Waals surface area contributed by atoms with Gasteiger partial charge >= 0.3 is 0 Å². The van der Waals surface area contributed by atoms with Crippen LogP contribution in [0.25, 0.3) is 5.69 Å². The van der Waals surface area contributed by atoms with Crippen molar-refractivity contribution in [2.75, 3.05) is 26.2 Å². The summed E-state index contributed by atoms with van der Waals surface area (Å²) in [5, 5.41) is 7.09. The monoisotopic (exact) mass is 372 g/mol. The Morgan fingerprint density at radius 3 is 2.67 bits per heavy atom. The lowest BCUT2D eigenvalue weighted by molar-refractivity contribution is 0.0946. The van der Waals surface area contributed by atoms with E-state index in [-0.39, 0.29) is 11.7 Å². The number of benzene rings is 1. The van der Waals surface area contributed by atoms with Crippen LogP contribution in [-0.4, -0.2) is 46.8 Å². The molecule has 0 bridgehead atoms. The summed E-state index contributed by atoms with van der Waals surface area (Å²) in [6.07, 6.45) is 4.94. The largest absolute Gasteiger partial charge is 0.351 e. The van der Waals surface area contributed by atoms with E-state index in [1.807, 2.05) is 0 Å². The summed E-state index contributed by atoms with van der Waals surface area (Å²) in [5.41, 5.74) is 0.637. The zero-order valence-electron chi connectivity index (χ0n) is 16.2. The van der Waals surface area contributed by atoms with Crippen LogP contribution in [-0.2, 0) is 0 Å². The maximum absolute atomic E-state index is 13.8. The van der Waals surface area contributed by atoms with Gasteiger partial charge in [-0.05, 0) is 55.8 Å². The number of halogens is 1. The van der Waals surface area contributed by atoms with E-state index in [9.17, 15) is 9.18 Å². The zero-order chi connectivity index (χ0) is 19.2. The van der Waals surface area contributed by atoms with E-state index in [1.165, 1.54) is 30.3 Å². The van der Waals surface area contributed by atoms with Gasteiger partial charge in [0.2, 0.25) is 0 Å². The molecule has 1 aliphatic rings. The number of piperidine rings is 1. The van der Waals surface area contributed by atoms with Crippen LogP contribution >= 0.6 is 0 Å². The number of para-hydroxylation sites is 1. The third kappa shape index (κ3) is 5.39. The van der Waals surface area contributed by atoms with E-state index in [1.54, 1.807) is 30.5 Å². The van der Waals surface area contributed by atoms with Gasteiger partial charge in [-0.2, -0.15) is 5.10 Å². The molecule has 1 N–H and O–H groups in total. The van der Waals surface area contributed by atoms with Crippen LogP contribution in [0.4, 0.5) is 4.39 Å². The first-order valence-corrected chi connectivity index (χ1v) is 9.84. The second-order valence-corrected chi connectivity index (χ2v) is 7.77. The Morgan fingerprint density at radius 2 is 1.93 bits per heavy atom. The number of rotatable bonds is 7. The van der Waals surface area contributed by atoms with Gasteiger partial charge in [-0.1, -0.05) is 26.0 Å². The fourth-order valence-electron chi connectivity index (χ4n) is 3.94. The highest BCUT2D eigenvalue weighted by Gasteiger charge is 2.21. The second kappa shape index (κ2) is 9.13. The highest BCUT2D eigenvalue weighted by atomic mass is 19.1. The van der Waals surface area contributed by atoms with Crippen molar-refractivity contribution in [1.82, 2.24) is 20.0 Å². The molecular formula is C21H29FN4O. The highest BCUT2D eigenvalue weighted by Crippen LogP contribution is 2.21. The van der Waals surface area contributed by atoms with Crippen molar-refractivity contribution in [1.29, 1.82) is 0 Å². The topological polar surface area (TPSA) is 50.2 Å². The van der Waals surface area contributed by atoms with E-state index < -0.39 is 0 Å². The predicted molar refractivity (Wildman–Crippen MR) is 104 cm³/mol. The molecule has 0 aliphatic carbocycles. The number of nitrogens with zero attached hydrogens (tertiary/aromatic N) is 3. The summed E-state index contributed by atoms with van der Waals surface area (Å²) >= 11 is 0. The Morgan fingerprint density at radius 1 is 1.19 bits per heavy atom. The van der Waals surface area contributed by atoms with E-state index >= 15 is 0 Å². The fourth-order valence-corrected chi connectivity index (χ4v) is 3.94. The normalized spacial score (nSPS) is 20.6. The van der Waals surface area contributed by atoms with Gasteiger partial charge in [0.15, 0.2) is 5.69 Å². The Hall–Kier alpha value is -2.21. The second-order valence-electron chi connectivity index (χ2n) is 7.77. The molecule has 2 atom stereocenters. The molecular weight excluding hydrogens is 343 g/mol. The molecule has 1 amide bonds. The first kappa shape index (κ1) is 19.5. The third-order valence-corrected chi connectivity index (χ3v) is 5.05. The summed E-state index contributed by atoms with van der Waals surface area (Å²) in [4.78, 5) is 14.8. The molecule has 2 unspecified atom stereocenters. The number of unbranched alkanes of at least 4 members (excludes halogenated alkanes) is 1. The van der Waals surface area contributed by atoms with E-state index in [0.29, 0.717) is 17.9 Å². The van der Waals surface area contributed by atoms with E-state index in [4.69, 9.17) is 0 Å². The number of amides is 1. The Bertz CT molecular complexity index is 750. The maximum atomic E-state index is 13.8. The first-order chi connectivity index (χ1) is 13.0. The number of hydrogen-bond acceptors (Lipinski definition) is 3. The smallest absolute Gasteiger partial charge is 0.271 e. The standard InChI is InChI=1S/C21H29FN4O/c1-16-13-17(2)15-25(14-16)11-6-5-10-23-21(27)19-9-12-26(24-19)20-8-4-3-7-18(20)22/h3-4,7-9,12,16-17H,5-6,10-11,13-15H2,1-2H3,(H,23,27). The van der Waals surface area contributed by atoms with Crippen molar-refractivity contribution in [2.45, 2.75) is 33.1 Å². The summed E-state index contributed by atoms with van der Waals surface area (Å²) in [7, 11) is 0. The van der Waals surface area contributed by atoms with Crippen LogP contribution in [0, 0.1) is 17.7 Å². The molecule has 3 rings (SSSR count). The van der Waals surface area contributed by atoms with E-state index in [0.717, 1.165) is 31.2 Å². The molecule has 0 radical (unpaired) electrons. The third-order valence-electron chi connectivity index (χ3n) is 5.05. The molecule has 6 heteroatoms. The molecule has 27 heavy (non-hydrogen) atoms. The minimum atomic E-state index is -0.367. The molecule has 146 valence electrons. The summed E-state index contributed by atoms with van der Waals surface area (Å²) in [6.45, 7) is 8.73. The van der Waals surface area contributed by atoms with Crippen molar-refractivity contribution < 1.29 is 9.18 Å². The Balaban J connectivity index is 1.41. The van der Waals surface area contributed by atoms with Gasteiger partial charge < -0.3 is 10.2 Å². The summed E-state index contributed by atoms with van der Waals surface area (Å²) < 4.78 is 15.2. The molecule has 5 nitrogen and oxygen atoms in total. The first-order valence-electron chi connectivity index (χ1n) is 9.84. The number of aromatic nitrogens is 2. The highest BCUT2D eigenvalue weighted by molar-refractivity contribution is 5.92. The van der Waals surface area contributed by atoms with Crippen LogP contribution in [0.5, 0.6) is 0 Å². The van der Waals surface area contributed by atoms with Crippen LogP contribution < -0.4 is 5.32 Å². The molecule has 0 saturated carbocycles. The Kier molecular flexibility index (Phi) is 6.61.